The van der Waals surface area contributed by atoms with Crippen molar-refractivity contribution in [2.75, 3.05) is 0 Å². The zero-order valence-corrected chi connectivity index (χ0v) is 7.47. The van der Waals surface area contributed by atoms with Crippen LogP contribution in [0.3, 0.4) is 0 Å². The molecule has 0 bridgehead atoms. The maximum atomic E-state index is 5.79. The van der Waals surface area contributed by atoms with E-state index >= 15 is 0 Å². The molecule has 2 heteroatoms. The summed E-state index contributed by atoms with van der Waals surface area (Å²) in [6.07, 6.45) is 1.00. The number of rotatable bonds is 2. The van der Waals surface area contributed by atoms with Crippen molar-refractivity contribution in [1.29, 1.82) is 0 Å². The van der Waals surface area contributed by atoms with Crippen LogP contribution in [0.2, 0.25) is 0 Å². The van der Waals surface area contributed by atoms with Crippen LogP contribution < -0.4 is 5.73 Å². The zero-order chi connectivity index (χ0) is 7.40. The first-order valence-corrected chi connectivity index (χ1v) is 3.65. The lowest BCUT2D eigenvalue weighted by Crippen LogP contribution is -2.07. The second-order valence-corrected chi connectivity index (χ2v) is 2.43. The highest BCUT2D eigenvalue weighted by molar-refractivity contribution is 5.85. The zero-order valence-electron chi connectivity index (χ0n) is 6.66. The summed E-state index contributed by atoms with van der Waals surface area (Å²) in [4.78, 5) is 0. The van der Waals surface area contributed by atoms with Gasteiger partial charge in [0.15, 0.2) is 0 Å². The second-order valence-electron chi connectivity index (χ2n) is 2.43. The van der Waals surface area contributed by atoms with E-state index < -0.39 is 0 Å². The van der Waals surface area contributed by atoms with Gasteiger partial charge in [-0.05, 0) is 12.0 Å². The van der Waals surface area contributed by atoms with Gasteiger partial charge in [-0.1, -0.05) is 37.3 Å². The first kappa shape index (κ1) is 10.5. The molecule has 0 unspecified atom stereocenters. The van der Waals surface area contributed by atoms with Gasteiger partial charge in [0.05, 0.1) is 0 Å². The lowest BCUT2D eigenvalue weighted by Gasteiger charge is -2.06. The van der Waals surface area contributed by atoms with Crippen LogP contribution in [0.4, 0.5) is 0 Å². The summed E-state index contributed by atoms with van der Waals surface area (Å²) in [6.45, 7) is 2.09. The molecule has 1 atom stereocenters. The molecule has 62 valence electrons. The van der Waals surface area contributed by atoms with Crippen molar-refractivity contribution in [3.63, 3.8) is 0 Å². The number of hydrogen-bond acceptors (Lipinski definition) is 1. The molecule has 1 rings (SSSR count). The van der Waals surface area contributed by atoms with Crippen LogP contribution in [-0.4, -0.2) is 0 Å². The van der Waals surface area contributed by atoms with E-state index in [0.29, 0.717) is 0 Å². The van der Waals surface area contributed by atoms with Crippen molar-refractivity contribution in [2.45, 2.75) is 19.4 Å². The number of nitrogens with two attached hydrogens (primary N) is 1. The fourth-order valence-corrected chi connectivity index (χ4v) is 0.936. The Kier molecular flexibility index (Phi) is 4.92. The van der Waals surface area contributed by atoms with Gasteiger partial charge in [-0.3, -0.25) is 0 Å². The molecule has 0 aliphatic heterocycles. The van der Waals surface area contributed by atoms with Crippen molar-refractivity contribution in [2.24, 2.45) is 5.73 Å². The molecule has 0 saturated heterocycles. The van der Waals surface area contributed by atoms with E-state index in [1.807, 2.05) is 18.2 Å². The highest BCUT2D eigenvalue weighted by Gasteiger charge is 1.99. The molecule has 1 aromatic carbocycles. The van der Waals surface area contributed by atoms with Crippen LogP contribution >= 0.6 is 12.4 Å². The summed E-state index contributed by atoms with van der Waals surface area (Å²) in [6, 6.07) is 10.4. The molecule has 11 heavy (non-hydrogen) atoms. The highest BCUT2D eigenvalue weighted by atomic mass is 35.5. The fourth-order valence-electron chi connectivity index (χ4n) is 0.936. The molecular formula is C9H14ClN. The minimum absolute atomic E-state index is 0. The van der Waals surface area contributed by atoms with Crippen LogP contribution in [0.25, 0.3) is 0 Å². The Hall–Kier alpha value is -0.530. The molecule has 1 nitrogen and oxygen atoms in total. The molecular weight excluding hydrogens is 158 g/mol. The van der Waals surface area contributed by atoms with E-state index in [1.165, 1.54) is 5.56 Å². The van der Waals surface area contributed by atoms with E-state index in [1.54, 1.807) is 0 Å². The van der Waals surface area contributed by atoms with E-state index in [9.17, 15) is 0 Å². The molecule has 0 radical (unpaired) electrons. The molecule has 1 aromatic rings. The normalized spacial score (nSPS) is 11.8. The Balaban J connectivity index is 0.000001000. The number of benzene rings is 1. The van der Waals surface area contributed by atoms with Crippen molar-refractivity contribution in [3.8, 4) is 0 Å². The lowest BCUT2D eigenvalue weighted by molar-refractivity contribution is 0.699. The SMILES string of the molecule is CC[C@@H](N)c1ccccc1.Cl. The highest BCUT2D eigenvalue weighted by Crippen LogP contribution is 2.11. The third kappa shape index (κ3) is 2.91. The van der Waals surface area contributed by atoms with Crippen LogP contribution in [-0.2, 0) is 0 Å². The summed E-state index contributed by atoms with van der Waals surface area (Å²) >= 11 is 0. The maximum Gasteiger partial charge on any atom is 0.0292 e. The molecule has 0 fully saturated rings. The number of halogens is 1. The van der Waals surface area contributed by atoms with Crippen molar-refractivity contribution in [3.05, 3.63) is 35.9 Å². The summed E-state index contributed by atoms with van der Waals surface area (Å²) in [5, 5.41) is 0. The average molecular weight is 172 g/mol. The summed E-state index contributed by atoms with van der Waals surface area (Å²) in [7, 11) is 0. The van der Waals surface area contributed by atoms with E-state index in [0.717, 1.165) is 6.42 Å². The largest absolute Gasteiger partial charge is 0.324 e. The minimum atomic E-state index is 0. The quantitative estimate of drug-likeness (QED) is 0.727. The Morgan fingerprint density at radius 2 is 1.82 bits per heavy atom. The van der Waals surface area contributed by atoms with Crippen molar-refractivity contribution >= 4 is 12.4 Å². The molecule has 0 aliphatic rings. The van der Waals surface area contributed by atoms with Crippen LogP contribution in [0.5, 0.6) is 0 Å². The number of hydrogen-bond donors (Lipinski definition) is 1. The molecule has 2 N–H and O–H groups in total. The first-order valence-electron chi connectivity index (χ1n) is 3.65. The Morgan fingerprint density at radius 1 is 1.27 bits per heavy atom. The molecule has 0 heterocycles. The van der Waals surface area contributed by atoms with Crippen molar-refractivity contribution in [1.82, 2.24) is 0 Å². The third-order valence-corrected chi connectivity index (χ3v) is 1.67. The fraction of sp³-hybridized carbons (Fsp3) is 0.333. The molecule has 0 aliphatic carbocycles. The van der Waals surface area contributed by atoms with Gasteiger partial charge in [0.1, 0.15) is 0 Å². The summed E-state index contributed by atoms with van der Waals surface area (Å²) in [5.41, 5.74) is 7.02. The monoisotopic (exact) mass is 171 g/mol. The van der Waals surface area contributed by atoms with Crippen LogP contribution in [0, 0.1) is 0 Å². The average Bonchev–Trinajstić information content (AvgIpc) is 2.05. The van der Waals surface area contributed by atoms with E-state index in [2.05, 4.69) is 19.1 Å². The minimum Gasteiger partial charge on any atom is -0.324 e. The lowest BCUT2D eigenvalue weighted by atomic mass is 10.1. The third-order valence-electron chi connectivity index (χ3n) is 1.67. The predicted octanol–water partition coefficient (Wildman–Crippen LogP) is 2.52. The summed E-state index contributed by atoms with van der Waals surface area (Å²) < 4.78 is 0. The van der Waals surface area contributed by atoms with Gasteiger partial charge in [0, 0.05) is 6.04 Å². The topological polar surface area (TPSA) is 26.0 Å². The molecule has 0 saturated carbocycles. The van der Waals surface area contributed by atoms with Gasteiger partial charge in [-0.15, -0.1) is 12.4 Å². The van der Waals surface area contributed by atoms with Crippen molar-refractivity contribution < 1.29 is 0 Å². The van der Waals surface area contributed by atoms with Crippen LogP contribution in [0.1, 0.15) is 24.9 Å². The standard InChI is InChI=1S/C9H13N.ClH/c1-2-9(10)8-6-4-3-5-7-8;/h3-7,9H,2,10H2,1H3;1H/t9-;/m1./s1. The molecule has 0 amide bonds. The second kappa shape index (κ2) is 5.16. The Labute approximate surface area is 74.0 Å². The Morgan fingerprint density at radius 3 is 2.27 bits per heavy atom. The molecule has 0 aromatic heterocycles. The summed E-state index contributed by atoms with van der Waals surface area (Å²) in [5.74, 6) is 0. The van der Waals surface area contributed by atoms with Gasteiger partial charge in [0.25, 0.3) is 0 Å². The van der Waals surface area contributed by atoms with Gasteiger partial charge in [-0.25, -0.2) is 0 Å². The van der Waals surface area contributed by atoms with E-state index in [-0.39, 0.29) is 18.4 Å². The maximum absolute atomic E-state index is 5.79. The first-order chi connectivity index (χ1) is 4.84. The smallest absolute Gasteiger partial charge is 0.0292 e. The van der Waals surface area contributed by atoms with Gasteiger partial charge >= 0.3 is 0 Å². The predicted molar refractivity (Wildman–Crippen MR) is 50.9 cm³/mol. The Bertz CT molecular complexity index is 186. The van der Waals surface area contributed by atoms with Gasteiger partial charge < -0.3 is 5.73 Å². The van der Waals surface area contributed by atoms with E-state index in [4.69, 9.17) is 5.73 Å². The van der Waals surface area contributed by atoms with Crippen LogP contribution in [0.15, 0.2) is 30.3 Å². The molecule has 0 spiro atoms. The van der Waals surface area contributed by atoms with Gasteiger partial charge in [0.2, 0.25) is 0 Å². The van der Waals surface area contributed by atoms with Gasteiger partial charge in [-0.2, -0.15) is 0 Å².